The molecule has 0 saturated carbocycles. The van der Waals surface area contributed by atoms with E-state index in [1.54, 1.807) is 36.4 Å². The third kappa shape index (κ3) is 6.82. The van der Waals surface area contributed by atoms with Crippen LogP contribution in [0.15, 0.2) is 101 Å². The van der Waals surface area contributed by atoms with E-state index in [1.807, 2.05) is 26.8 Å². The average molecular weight is 598 g/mol. The highest BCUT2D eigenvalue weighted by molar-refractivity contribution is 7.93. The Hall–Kier alpha value is -3.86. The van der Waals surface area contributed by atoms with Gasteiger partial charge in [-0.1, -0.05) is 29.8 Å². The molecule has 4 rings (SSSR count). The van der Waals surface area contributed by atoms with Gasteiger partial charge in [0.05, 0.1) is 15.5 Å². The third-order valence-electron chi connectivity index (χ3n) is 6.19. The number of carbonyl (C=O) groups excluding carboxylic acids is 1. The fourth-order valence-corrected chi connectivity index (χ4v) is 6.49. The molecule has 0 spiro atoms. The Morgan fingerprint density at radius 1 is 0.750 bits per heavy atom. The lowest BCUT2D eigenvalue weighted by Gasteiger charge is -2.25. The summed E-state index contributed by atoms with van der Waals surface area (Å²) in [5.41, 5.74) is 3.83. The van der Waals surface area contributed by atoms with Crippen LogP contribution in [0.3, 0.4) is 0 Å². The fourth-order valence-electron chi connectivity index (χ4n) is 3.90. The van der Waals surface area contributed by atoms with E-state index in [0.29, 0.717) is 22.1 Å². The van der Waals surface area contributed by atoms with Crippen molar-refractivity contribution < 1.29 is 21.6 Å². The molecule has 1 amide bonds. The Bertz CT molecular complexity index is 1760. The molecular formula is C29H28ClN3O5S2. The van der Waals surface area contributed by atoms with Crippen molar-refractivity contribution in [2.24, 2.45) is 0 Å². The maximum Gasteiger partial charge on any atom is 0.264 e. The van der Waals surface area contributed by atoms with Gasteiger partial charge in [0.2, 0.25) is 5.91 Å². The summed E-state index contributed by atoms with van der Waals surface area (Å²) in [5.74, 6) is -0.607. The van der Waals surface area contributed by atoms with Crippen molar-refractivity contribution >= 4 is 54.6 Å². The Morgan fingerprint density at radius 2 is 1.40 bits per heavy atom. The number of sulfonamides is 2. The quantitative estimate of drug-likeness (QED) is 0.249. The van der Waals surface area contributed by atoms with Gasteiger partial charge in [-0.05, 0) is 110 Å². The van der Waals surface area contributed by atoms with Gasteiger partial charge in [-0.25, -0.2) is 16.8 Å². The first-order valence-corrected chi connectivity index (χ1v) is 15.5. The van der Waals surface area contributed by atoms with E-state index in [1.165, 1.54) is 48.5 Å². The van der Waals surface area contributed by atoms with Crippen LogP contribution in [-0.2, 0) is 24.8 Å². The van der Waals surface area contributed by atoms with Gasteiger partial charge in [-0.3, -0.25) is 13.8 Å². The second kappa shape index (κ2) is 11.7. The van der Waals surface area contributed by atoms with E-state index in [-0.39, 0.29) is 9.79 Å². The molecule has 40 heavy (non-hydrogen) atoms. The number of hydrogen-bond donors (Lipinski definition) is 2. The van der Waals surface area contributed by atoms with Crippen molar-refractivity contribution in [1.29, 1.82) is 0 Å². The molecule has 4 aromatic rings. The van der Waals surface area contributed by atoms with E-state index in [4.69, 9.17) is 11.6 Å². The van der Waals surface area contributed by atoms with Crippen LogP contribution >= 0.6 is 11.6 Å². The lowest BCUT2D eigenvalue weighted by Crippen LogP contribution is -2.38. The Labute approximate surface area is 239 Å². The molecule has 0 aliphatic carbocycles. The van der Waals surface area contributed by atoms with Crippen LogP contribution in [0, 0.1) is 20.8 Å². The minimum absolute atomic E-state index is 0.00841. The standard InChI is InChI=1S/C29H28ClN3O5S2/c1-20-5-4-6-25(17-20)32-39(35,36)27-15-10-24(11-16-27)31-29(34)19-33(26-12-7-21(2)22(3)18-26)40(37,38)28-13-8-23(30)9-14-28/h4-18,32H,19H2,1-3H3,(H,31,34). The summed E-state index contributed by atoms with van der Waals surface area (Å²) in [6, 6.07) is 23.4. The first-order valence-electron chi connectivity index (χ1n) is 12.2. The van der Waals surface area contributed by atoms with Gasteiger partial charge < -0.3 is 5.32 Å². The molecule has 208 valence electrons. The second-order valence-corrected chi connectivity index (χ2v) is 13.3. The molecule has 0 atom stereocenters. The summed E-state index contributed by atoms with van der Waals surface area (Å²) in [4.78, 5) is 13.1. The van der Waals surface area contributed by atoms with Crippen LogP contribution in [0.4, 0.5) is 17.1 Å². The number of nitrogens with zero attached hydrogens (tertiary/aromatic N) is 1. The summed E-state index contributed by atoms with van der Waals surface area (Å²) in [7, 11) is -7.97. The summed E-state index contributed by atoms with van der Waals surface area (Å²) in [6.07, 6.45) is 0. The average Bonchev–Trinajstić information content (AvgIpc) is 2.89. The lowest BCUT2D eigenvalue weighted by molar-refractivity contribution is -0.114. The number of amides is 1. The monoisotopic (exact) mass is 597 g/mol. The van der Waals surface area contributed by atoms with Crippen molar-refractivity contribution in [3.05, 3.63) is 113 Å². The van der Waals surface area contributed by atoms with Gasteiger partial charge >= 0.3 is 0 Å². The molecule has 0 saturated heterocycles. The molecule has 2 N–H and O–H groups in total. The number of aryl methyl sites for hydroxylation is 3. The van der Waals surface area contributed by atoms with E-state index in [0.717, 1.165) is 21.0 Å². The van der Waals surface area contributed by atoms with Gasteiger partial charge in [0.1, 0.15) is 6.54 Å². The second-order valence-electron chi connectivity index (χ2n) is 9.28. The molecule has 0 aromatic heterocycles. The smallest absolute Gasteiger partial charge is 0.264 e. The molecule has 8 nitrogen and oxygen atoms in total. The van der Waals surface area contributed by atoms with Crippen LogP contribution in [0.2, 0.25) is 5.02 Å². The molecule has 0 aliphatic heterocycles. The number of halogens is 1. The molecule has 11 heteroatoms. The Kier molecular flexibility index (Phi) is 8.53. The van der Waals surface area contributed by atoms with Crippen molar-refractivity contribution in [2.45, 2.75) is 30.6 Å². The fraction of sp³-hybridized carbons (Fsp3) is 0.138. The van der Waals surface area contributed by atoms with Crippen molar-refractivity contribution in [1.82, 2.24) is 0 Å². The summed E-state index contributed by atoms with van der Waals surface area (Å²) < 4.78 is 56.3. The van der Waals surface area contributed by atoms with Crippen molar-refractivity contribution in [3.8, 4) is 0 Å². The number of benzene rings is 4. The van der Waals surface area contributed by atoms with E-state index in [2.05, 4.69) is 10.0 Å². The number of hydrogen-bond acceptors (Lipinski definition) is 5. The van der Waals surface area contributed by atoms with Crippen LogP contribution in [0.1, 0.15) is 16.7 Å². The summed E-state index contributed by atoms with van der Waals surface area (Å²) in [5, 5.41) is 3.04. The van der Waals surface area contributed by atoms with E-state index in [9.17, 15) is 21.6 Å². The predicted molar refractivity (Wildman–Crippen MR) is 159 cm³/mol. The molecule has 0 radical (unpaired) electrons. The van der Waals surface area contributed by atoms with Gasteiger partial charge in [-0.15, -0.1) is 0 Å². The highest BCUT2D eigenvalue weighted by Gasteiger charge is 2.27. The number of rotatable bonds is 9. The van der Waals surface area contributed by atoms with Crippen LogP contribution in [0.25, 0.3) is 0 Å². The first-order chi connectivity index (χ1) is 18.8. The van der Waals surface area contributed by atoms with Crippen LogP contribution in [-0.4, -0.2) is 29.3 Å². The normalized spacial score (nSPS) is 11.6. The first kappa shape index (κ1) is 29.1. The van der Waals surface area contributed by atoms with E-state index >= 15 is 0 Å². The lowest BCUT2D eigenvalue weighted by atomic mass is 10.1. The summed E-state index contributed by atoms with van der Waals surface area (Å²) in [6.45, 7) is 5.11. The Morgan fingerprint density at radius 3 is 2.02 bits per heavy atom. The maximum atomic E-state index is 13.6. The highest BCUT2D eigenvalue weighted by Crippen LogP contribution is 2.27. The van der Waals surface area contributed by atoms with Crippen molar-refractivity contribution in [2.75, 3.05) is 20.9 Å². The highest BCUT2D eigenvalue weighted by atomic mass is 35.5. The zero-order valence-corrected chi connectivity index (χ0v) is 24.4. The van der Waals surface area contributed by atoms with Crippen molar-refractivity contribution in [3.63, 3.8) is 0 Å². The van der Waals surface area contributed by atoms with Crippen LogP contribution < -0.4 is 14.3 Å². The van der Waals surface area contributed by atoms with Crippen LogP contribution in [0.5, 0.6) is 0 Å². The molecule has 0 bridgehead atoms. The summed E-state index contributed by atoms with van der Waals surface area (Å²) >= 11 is 5.94. The Balaban J connectivity index is 1.55. The maximum absolute atomic E-state index is 13.6. The third-order valence-corrected chi connectivity index (χ3v) is 9.62. The SMILES string of the molecule is Cc1cccc(NS(=O)(=O)c2ccc(NC(=O)CN(c3ccc(C)c(C)c3)S(=O)(=O)c3ccc(Cl)cc3)cc2)c1. The number of carbonyl (C=O) groups is 1. The van der Waals surface area contributed by atoms with Gasteiger partial charge in [0, 0.05) is 16.4 Å². The zero-order chi connectivity index (χ0) is 29.1. The predicted octanol–water partition coefficient (Wildman–Crippen LogP) is 5.90. The minimum Gasteiger partial charge on any atom is -0.325 e. The van der Waals surface area contributed by atoms with Gasteiger partial charge in [-0.2, -0.15) is 0 Å². The minimum atomic E-state index is -4.12. The number of anilines is 3. The molecule has 0 aliphatic rings. The topological polar surface area (TPSA) is 113 Å². The number of nitrogens with one attached hydrogen (secondary N) is 2. The van der Waals surface area contributed by atoms with Gasteiger partial charge in [0.25, 0.3) is 20.0 Å². The largest absolute Gasteiger partial charge is 0.325 e. The molecule has 4 aromatic carbocycles. The zero-order valence-electron chi connectivity index (χ0n) is 22.1. The molecule has 0 unspecified atom stereocenters. The molecule has 0 heterocycles. The van der Waals surface area contributed by atoms with E-state index < -0.39 is 32.5 Å². The molecule has 0 fully saturated rings. The molecular weight excluding hydrogens is 570 g/mol. The van der Waals surface area contributed by atoms with Gasteiger partial charge in [0.15, 0.2) is 0 Å².